The van der Waals surface area contributed by atoms with Gasteiger partial charge in [-0.3, -0.25) is 14.6 Å². The molecule has 1 amide bonds. The number of nitrogens with one attached hydrogen (secondary N) is 1. The lowest BCUT2D eigenvalue weighted by molar-refractivity contribution is -0.129. The zero-order valence-corrected chi connectivity index (χ0v) is 18.5. The van der Waals surface area contributed by atoms with Crippen LogP contribution in [0, 0.1) is 29.0 Å². The van der Waals surface area contributed by atoms with Gasteiger partial charge in [0.05, 0.1) is 6.20 Å². The van der Waals surface area contributed by atoms with Crippen LogP contribution in [-0.4, -0.2) is 21.7 Å². The van der Waals surface area contributed by atoms with Crippen molar-refractivity contribution in [3.8, 4) is 0 Å². The number of amides is 1. The van der Waals surface area contributed by atoms with Gasteiger partial charge in [-0.1, -0.05) is 19.1 Å². The average molecular weight is 436 g/mol. The van der Waals surface area contributed by atoms with Gasteiger partial charge in [-0.25, -0.2) is 9.37 Å². The Balaban J connectivity index is 1.28. The summed E-state index contributed by atoms with van der Waals surface area (Å²) in [6.45, 7) is 2.16. The zero-order valence-electron chi connectivity index (χ0n) is 18.5. The molecule has 1 aromatic carbocycles. The summed E-state index contributed by atoms with van der Waals surface area (Å²) < 4.78 is 14.4. The first-order valence-electron chi connectivity index (χ1n) is 11.8. The van der Waals surface area contributed by atoms with Gasteiger partial charge in [0.15, 0.2) is 5.82 Å². The molecule has 2 aromatic rings. The Hall–Kier alpha value is -2.63. The summed E-state index contributed by atoms with van der Waals surface area (Å²) in [5.74, 6) is 2.11. The fraction of sp³-hybridized carbons (Fsp3) is 0.538. The number of benzene rings is 1. The Morgan fingerprint density at radius 2 is 2.16 bits per heavy atom. The predicted octanol–water partition coefficient (Wildman–Crippen LogP) is 5.08. The van der Waals surface area contributed by atoms with E-state index in [0.29, 0.717) is 48.1 Å². The molecule has 5 nitrogen and oxygen atoms in total. The van der Waals surface area contributed by atoms with E-state index in [1.165, 1.54) is 11.8 Å². The maximum atomic E-state index is 14.4. The molecule has 1 heterocycles. The number of aromatic nitrogens is 2. The molecule has 0 radical (unpaired) electrons. The van der Waals surface area contributed by atoms with Crippen LogP contribution in [-0.2, 0) is 16.0 Å². The molecule has 0 spiro atoms. The van der Waals surface area contributed by atoms with Gasteiger partial charge in [0.2, 0.25) is 5.91 Å². The highest BCUT2D eigenvalue weighted by Crippen LogP contribution is 2.62. The first kappa shape index (κ1) is 21.2. The maximum absolute atomic E-state index is 14.4. The zero-order chi connectivity index (χ0) is 22.3. The predicted molar refractivity (Wildman–Crippen MR) is 119 cm³/mol. The third-order valence-electron chi connectivity index (χ3n) is 8.37. The highest BCUT2D eigenvalue weighted by Gasteiger charge is 2.58. The molecule has 6 heteroatoms. The van der Waals surface area contributed by atoms with Crippen LogP contribution in [0.2, 0.25) is 0 Å². The van der Waals surface area contributed by atoms with Crippen LogP contribution in [0.4, 0.5) is 10.2 Å². The summed E-state index contributed by atoms with van der Waals surface area (Å²) in [7, 11) is 0. The van der Waals surface area contributed by atoms with Gasteiger partial charge in [0.1, 0.15) is 11.6 Å². The molecule has 0 bridgehead atoms. The van der Waals surface area contributed by atoms with Crippen molar-refractivity contribution in [3.05, 3.63) is 53.7 Å². The summed E-state index contributed by atoms with van der Waals surface area (Å²) in [6.07, 6.45) is 10.9. The molecule has 0 aliphatic heterocycles. The van der Waals surface area contributed by atoms with E-state index in [-0.39, 0.29) is 17.1 Å². The summed E-state index contributed by atoms with van der Waals surface area (Å²) >= 11 is 0. The van der Waals surface area contributed by atoms with Crippen LogP contribution in [0.3, 0.4) is 0 Å². The van der Waals surface area contributed by atoms with Gasteiger partial charge in [0.25, 0.3) is 0 Å². The van der Waals surface area contributed by atoms with Gasteiger partial charge in [-0.2, -0.15) is 0 Å². The fourth-order valence-corrected chi connectivity index (χ4v) is 6.99. The van der Waals surface area contributed by atoms with Crippen molar-refractivity contribution in [3.63, 3.8) is 0 Å². The third-order valence-corrected chi connectivity index (χ3v) is 8.37. The molecule has 1 N–H and O–H groups in total. The molecule has 3 unspecified atom stereocenters. The molecular weight excluding hydrogens is 405 g/mol. The van der Waals surface area contributed by atoms with Crippen molar-refractivity contribution < 1.29 is 14.0 Å². The van der Waals surface area contributed by atoms with Crippen molar-refractivity contribution in [2.45, 2.75) is 64.2 Å². The van der Waals surface area contributed by atoms with E-state index in [4.69, 9.17) is 0 Å². The van der Waals surface area contributed by atoms with Crippen molar-refractivity contribution in [2.24, 2.45) is 23.2 Å². The van der Waals surface area contributed by atoms with Gasteiger partial charge >= 0.3 is 0 Å². The number of hydrogen-bond acceptors (Lipinski definition) is 4. The van der Waals surface area contributed by atoms with Crippen molar-refractivity contribution in [1.29, 1.82) is 0 Å². The lowest BCUT2D eigenvalue weighted by atomic mass is 9.54. The topological polar surface area (TPSA) is 72.0 Å². The normalized spacial score (nSPS) is 30.9. The van der Waals surface area contributed by atoms with E-state index in [0.717, 1.165) is 44.1 Å². The quantitative estimate of drug-likeness (QED) is 0.711. The van der Waals surface area contributed by atoms with Crippen molar-refractivity contribution >= 4 is 17.5 Å². The summed E-state index contributed by atoms with van der Waals surface area (Å²) in [6, 6.07) is 5.50. The van der Waals surface area contributed by atoms with Gasteiger partial charge in [-0.15, -0.1) is 0 Å². The second-order valence-electron chi connectivity index (χ2n) is 10.0. The second-order valence-corrected chi connectivity index (χ2v) is 10.0. The van der Waals surface area contributed by atoms with Crippen molar-refractivity contribution in [2.75, 3.05) is 5.32 Å². The Kier molecular flexibility index (Phi) is 5.56. The van der Waals surface area contributed by atoms with Crippen LogP contribution in [0.25, 0.3) is 0 Å². The third kappa shape index (κ3) is 3.63. The lowest BCUT2D eigenvalue weighted by Gasteiger charge is -2.50. The number of fused-ring (bicyclic) bond motifs is 5. The van der Waals surface area contributed by atoms with Crippen LogP contribution < -0.4 is 5.32 Å². The van der Waals surface area contributed by atoms with Crippen LogP contribution >= 0.6 is 0 Å². The monoisotopic (exact) mass is 435 g/mol. The van der Waals surface area contributed by atoms with Crippen LogP contribution in [0.5, 0.6) is 0 Å². The number of nitrogens with zero attached hydrogens (tertiary/aromatic N) is 2. The number of halogens is 1. The first-order chi connectivity index (χ1) is 15.5. The highest BCUT2D eigenvalue weighted by molar-refractivity contribution is 5.89. The van der Waals surface area contributed by atoms with Gasteiger partial charge in [-0.05, 0) is 79.4 Å². The largest absolute Gasteiger partial charge is 0.309 e. The molecule has 1 aromatic heterocycles. The molecule has 168 valence electrons. The molecule has 3 aliphatic rings. The lowest BCUT2D eigenvalue weighted by Crippen LogP contribution is -2.44. The number of carbonyl (C=O) groups excluding carboxylic acids is 2. The minimum atomic E-state index is -0.265. The summed E-state index contributed by atoms with van der Waals surface area (Å²) in [5, 5.41) is 2.79. The standard InChI is InChI=1S/C26H30FN3O2/c1-26-11-10-18-17-5-3-6-21(27)19(17)8-9-20(18)25(26)16(14-22(26)31)4-2-7-24(32)30-23-15-28-12-13-29-23/h3,5-6,12-13,15-16,18,20,25H,2,4,7-11,14H2,1H3,(H,29,30,32)/t16-,18?,20?,25?,26-/m1/s1. The number of ketones is 1. The van der Waals surface area contributed by atoms with E-state index in [1.807, 2.05) is 6.07 Å². The molecule has 32 heavy (non-hydrogen) atoms. The Labute approximate surface area is 188 Å². The van der Waals surface area contributed by atoms with Gasteiger partial charge in [0, 0.05) is 30.7 Å². The molecule has 5 atom stereocenters. The summed E-state index contributed by atoms with van der Waals surface area (Å²) in [4.78, 5) is 33.5. The number of carbonyl (C=O) groups is 2. The smallest absolute Gasteiger partial charge is 0.225 e. The molecule has 0 saturated heterocycles. The average Bonchev–Trinajstić information content (AvgIpc) is 3.04. The first-order valence-corrected chi connectivity index (χ1v) is 11.8. The molecular formula is C26H30FN3O2. The van der Waals surface area contributed by atoms with Gasteiger partial charge < -0.3 is 5.32 Å². The molecule has 3 aliphatic carbocycles. The number of Topliss-reactive ketones (excluding diaryl/α,β-unsaturated/α-hetero) is 1. The molecule has 2 saturated carbocycles. The molecule has 2 fully saturated rings. The van der Waals surface area contributed by atoms with E-state index >= 15 is 0 Å². The molecule has 5 rings (SSSR count). The highest BCUT2D eigenvalue weighted by atomic mass is 19.1. The van der Waals surface area contributed by atoms with E-state index in [9.17, 15) is 14.0 Å². The van der Waals surface area contributed by atoms with E-state index < -0.39 is 0 Å². The number of hydrogen-bond donors (Lipinski definition) is 1. The maximum Gasteiger partial charge on any atom is 0.225 e. The Morgan fingerprint density at radius 3 is 2.97 bits per heavy atom. The second kappa shape index (κ2) is 8.38. The van der Waals surface area contributed by atoms with Crippen LogP contribution in [0.15, 0.2) is 36.8 Å². The number of anilines is 1. The summed E-state index contributed by atoms with van der Waals surface area (Å²) in [5.41, 5.74) is 1.79. The van der Waals surface area contributed by atoms with Crippen LogP contribution in [0.1, 0.15) is 68.9 Å². The SMILES string of the molecule is C[C@]12CCC3c4cccc(F)c4CCC3C1[C@H](CCCC(=O)Nc1cnccn1)CC2=O. The minimum Gasteiger partial charge on any atom is -0.309 e. The van der Waals surface area contributed by atoms with E-state index in [1.54, 1.807) is 18.5 Å². The Bertz CT molecular complexity index is 1030. The minimum absolute atomic E-state index is 0.0684. The Morgan fingerprint density at radius 1 is 1.28 bits per heavy atom. The van der Waals surface area contributed by atoms with E-state index in [2.05, 4.69) is 28.3 Å². The van der Waals surface area contributed by atoms with Crippen molar-refractivity contribution in [1.82, 2.24) is 9.97 Å². The fourth-order valence-electron chi connectivity index (χ4n) is 6.99. The number of rotatable bonds is 5.